The summed E-state index contributed by atoms with van der Waals surface area (Å²) in [6, 6.07) is 12.5. The first-order chi connectivity index (χ1) is 9.08. The topological polar surface area (TPSA) is 49.3 Å². The molecule has 3 nitrogen and oxygen atoms in total. The Balaban J connectivity index is 2.08. The first-order valence-corrected chi connectivity index (χ1v) is 6.68. The van der Waals surface area contributed by atoms with Crippen LogP contribution in [0.3, 0.4) is 0 Å². The van der Waals surface area contributed by atoms with Gasteiger partial charge in [-0.2, -0.15) is 0 Å². The molecule has 0 heterocycles. The molecule has 19 heavy (non-hydrogen) atoms. The van der Waals surface area contributed by atoms with Crippen LogP contribution in [0.15, 0.2) is 46.9 Å². The molecule has 98 valence electrons. The highest BCUT2D eigenvalue weighted by atomic mass is 79.9. The van der Waals surface area contributed by atoms with Crippen LogP contribution in [-0.4, -0.2) is 11.0 Å². The van der Waals surface area contributed by atoms with Crippen molar-refractivity contribution in [3.63, 3.8) is 0 Å². The van der Waals surface area contributed by atoms with E-state index in [1.54, 1.807) is 24.3 Å². The zero-order valence-corrected chi connectivity index (χ0v) is 12.1. The van der Waals surface area contributed by atoms with Gasteiger partial charge in [-0.15, -0.1) is 0 Å². The maximum Gasteiger partial charge on any atom is 0.251 e. The Morgan fingerprint density at radius 1 is 1.26 bits per heavy atom. The molecule has 0 fully saturated rings. The molecule has 2 aromatic rings. The molecule has 0 bridgehead atoms. The number of hydrogen-bond acceptors (Lipinski definition) is 2. The molecular weight excluding hydrogens is 306 g/mol. The summed E-state index contributed by atoms with van der Waals surface area (Å²) in [4.78, 5) is 12.1. The van der Waals surface area contributed by atoms with Crippen molar-refractivity contribution in [2.45, 2.75) is 13.5 Å². The molecule has 0 aliphatic rings. The quantitative estimate of drug-likeness (QED) is 0.911. The van der Waals surface area contributed by atoms with Gasteiger partial charge in [0.05, 0.1) is 0 Å². The van der Waals surface area contributed by atoms with Crippen molar-refractivity contribution in [2.24, 2.45) is 0 Å². The molecule has 1 amide bonds. The molecule has 2 rings (SSSR count). The maximum atomic E-state index is 12.1. The Labute approximate surface area is 120 Å². The van der Waals surface area contributed by atoms with Crippen molar-refractivity contribution in [1.29, 1.82) is 0 Å². The van der Waals surface area contributed by atoms with Gasteiger partial charge >= 0.3 is 0 Å². The Kier molecular flexibility index (Phi) is 4.22. The summed E-state index contributed by atoms with van der Waals surface area (Å²) in [5.41, 5.74) is 2.24. The van der Waals surface area contributed by atoms with Crippen molar-refractivity contribution in [1.82, 2.24) is 5.32 Å². The fraction of sp³-hybridized carbons (Fsp3) is 0.133. The van der Waals surface area contributed by atoms with Gasteiger partial charge in [-0.1, -0.05) is 34.1 Å². The Morgan fingerprint density at radius 3 is 2.68 bits per heavy atom. The molecule has 2 N–H and O–H groups in total. The normalized spacial score (nSPS) is 10.2. The average Bonchev–Trinajstić information content (AvgIpc) is 2.37. The molecule has 0 atom stereocenters. The molecule has 0 radical (unpaired) electrons. The molecular formula is C15H14BrNO2. The zero-order chi connectivity index (χ0) is 13.8. The summed E-state index contributed by atoms with van der Waals surface area (Å²) < 4.78 is 0.947. The number of benzene rings is 2. The number of rotatable bonds is 3. The number of halogens is 1. The number of carbonyl (C=O) groups is 1. The molecule has 0 spiro atoms. The van der Waals surface area contributed by atoms with Crippen LogP contribution < -0.4 is 5.32 Å². The highest BCUT2D eigenvalue weighted by molar-refractivity contribution is 9.10. The monoisotopic (exact) mass is 319 g/mol. The summed E-state index contributed by atoms with van der Waals surface area (Å²) in [5, 5.41) is 12.4. The highest BCUT2D eigenvalue weighted by Gasteiger charge is 2.09. The smallest absolute Gasteiger partial charge is 0.251 e. The van der Waals surface area contributed by atoms with Crippen LogP contribution in [0, 0.1) is 6.92 Å². The summed E-state index contributed by atoms with van der Waals surface area (Å²) in [6.45, 7) is 2.20. The van der Waals surface area contributed by atoms with Crippen LogP contribution >= 0.6 is 15.9 Å². The van der Waals surface area contributed by atoms with E-state index in [9.17, 15) is 9.90 Å². The number of aromatic hydroxyl groups is 1. The summed E-state index contributed by atoms with van der Waals surface area (Å²) in [7, 11) is 0. The molecule has 0 unspecified atom stereocenters. The van der Waals surface area contributed by atoms with Gasteiger partial charge < -0.3 is 10.4 Å². The fourth-order valence-corrected chi connectivity index (χ4v) is 2.29. The largest absolute Gasteiger partial charge is 0.508 e. The van der Waals surface area contributed by atoms with E-state index in [2.05, 4.69) is 21.2 Å². The third-order valence-electron chi connectivity index (χ3n) is 2.86. The van der Waals surface area contributed by atoms with E-state index in [0.29, 0.717) is 17.7 Å². The highest BCUT2D eigenvalue weighted by Crippen LogP contribution is 2.17. The summed E-state index contributed by atoms with van der Waals surface area (Å²) in [6.07, 6.45) is 0. The van der Waals surface area contributed by atoms with Gasteiger partial charge in [0.2, 0.25) is 0 Å². The molecule has 0 aromatic heterocycles. The molecule has 0 saturated heterocycles. The van der Waals surface area contributed by atoms with Crippen molar-refractivity contribution in [3.8, 4) is 5.75 Å². The minimum absolute atomic E-state index is 0.145. The van der Waals surface area contributed by atoms with Crippen LogP contribution in [-0.2, 0) is 6.54 Å². The van der Waals surface area contributed by atoms with Crippen molar-refractivity contribution in [2.75, 3.05) is 0 Å². The van der Waals surface area contributed by atoms with Crippen LogP contribution in [0.4, 0.5) is 0 Å². The van der Waals surface area contributed by atoms with Gasteiger partial charge in [-0.25, -0.2) is 0 Å². The first-order valence-electron chi connectivity index (χ1n) is 5.89. The number of hydrogen-bond donors (Lipinski definition) is 2. The second-order valence-electron chi connectivity index (χ2n) is 4.27. The van der Waals surface area contributed by atoms with Gasteiger partial charge in [-0.05, 0) is 36.8 Å². The number of nitrogens with one attached hydrogen (secondary N) is 1. The molecule has 0 saturated carbocycles. The third-order valence-corrected chi connectivity index (χ3v) is 3.36. The number of aryl methyl sites for hydroxylation is 1. The van der Waals surface area contributed by atoms with E-state index in [1.165, 1.54) is 0 Å². The summed E-state index contributed by atoms with van der Waals surface area (Å²) in [5.74, 6) is 0.0450. The van der Waals surface area contributed by atoms with Crippen LogP contribution in [0.1, 0.15) is 21.5 Å². The number of amides is 1. The van der Waals surface area contributed by atoms with Gasteiger partial charge in [-0.3, -0.25) is 4.79 Å². The second-order valence-corrected chi connectivity index (χ2v) is 5.19. The Morgan fingerprint density at radius 2 is 2.00 bits per heavy atom. The summed E-state index contributed by atoms with van der Waals surface area (Å²) >= 11 is 3.37. The van der Waals surface area contributed by atoms with Gasteiger partial charge in [0.1, 0.15) is 5.75 Å². The van der Waals surface area contributed by atoms with E-state index < -0.39 is 0 Å². The second kappa shape index (κ2) is 5.89. The predicted octanol–water partition coefficient (Wildman–Crippen LogP) is 3.39. The van der Waals surface area contributed by atoms with E-state index in [4.69, 9.17) is 0 Å². The lowest BCUT2D eigenvalue weighted by atomic mass is 10.1. The van der Waals surface area contributed by atoms with Crippen molar-refractivity contribution < 1.29 is 9.90 Å². The van der Waals surface area contributed by atoms with Gasteiger partial charge in [0.15, 0.2) is 0 Å². The van der Waals surface area contributed by atoms with Crippen LogP contribution in [0.2, 0.25) is 0 Å². The minimum atomic E-state index is -0.145. The van der Waals surface area contributed by atoms with Crippen LogP contribution in [0.5, 0.6) is 5.75 Å². The molecule has 0 aliphatic carbocycles. The predicted molar refractivity (Wildman–Crippen MR) is 78.2 cm³/mol. The van der Waals surface area contributed by atoms with Gasteiger partial charge in [0.25, 0.3) is 5.91 Å². The molecule has 4 heteroatoms. The van der Waals surface area contributed by atoms with E-state index in [1.807, 2.05) is 25.1 Å². The SMILES string of the molecule is Cc1cc(Br)ccc1C(=O)NCc1ccccc1O. The standard InChI is InChI=1S/C15H14BrNO2/c1-10-8-12(16)6-7-13(10)15(19)17-9-11-4-2-3-5-14(11)18/h2-8,18H,9H2,1H3,(H,17,19). The molecule has 2 aromatic carbocycles. The maximum absolute atomic E-state index is 12.1. The lowest BCUT2D eigenvalue weighted by molar-refractivity contribution is 0.0950. The van der Waals surface area contributed by atoms with E-state index in [-0.39, 0.29) is 11.7 Å². The Bertz CT molecular complexity index is 611. The lowest BCUT2D eigenvalue weighted by Gasteiger charge is -2.09. The number of phenols is 1. The lowest BCUT2D eigenvalue weighted by Crippen LogP contribution is -2.23. The fourth-order valence-electron chi connectivity index (χ4n) is 1.81. The van der Waals surface area contributed by atoms with Crippen molar-refractivity contribution >= 4 is 21.8 Å². The first kappa shape index (κ1) is 13.6. The number of phenolic OH excluding ortho intramolecular Hbond substituents is 1. The average molecular weight is 320 g/mol. The van der Waals surface area contributed by atoms with E-state index in [0.717, 1.165) is 10.0 Å². The van der Waals surface area contributed by atoms with E-state index >= 15 is 0 Å². The number of para-hydroxylation sites is 1. The molecule has 0 aliphatic heterocycles. The van der Waals surface area contributed by atoms with Crippen molar-refractivity contribution in [3.05, 3.63) is 63.6 Å². The Hall–Kier alpha value is -1.81. The third kappa shape index (κ3) is 3.35. The van der Waals surface area contributed by atoms with Crippen LogP contribution in [0.25, 0.3) is 0 Å². The van der Waals surface area contributed by atoms with Gasteiger partial charge in [0, 0.05) is 22.1 Å². The number of carbonyl (C=O) groups excluding carboxylic acids is 1. The zero-order valence-electron chi connectivity index (χ0n) is 10.5. The minimum Gasteiger partial charge on any atom is -0.508 e.